The lowest BCUT2D eigenvalue weighted by Crippen LogP contribution is -2.38. The van der Waals surface area contributed by atoms with Gasteiger partial charge in [0.25, 0.3) is 0 Å². The van der Waals surface area contributed by atoms with Gasteiger partial charge in [-0.1, -0.05) is 12.1 Å². The summed E-state index contributed by atoms with van der Waals surface area (Å²) in [7, 11) is 3.87. The van der Waals surface area contributed by atoms with E-state index in [1.807, 2.05) is 44.2 Å². The van der Waals surface area contributed by atoms with Gasteiger partial charge >= 0.3 is 0 Å². The molecule has 2 aromatic carbocycles. The lowest BCUT2D eigenvalue weighted by Gasteiger charge is -2.39. The van der Waals surface area contributed by atoms with E-state index in [9.17, 15) is 0 Å². The number of rotatable bonds is 9. The Labute approximate surface area is 191 Å². The van der Waals surface area contributed by atoms with Gasteiger partial charge in [0.1, 0.15) is 17.2 Å². The van der Waals surface area contributed by atoms with Gasteiger partial charge < -0.3 is 25.3 Å². The van der Waals surface area contributed by atoms with Crippen LogP contribution in [-0.4, -0.2) is 51.3 Å². The molecule has 3 rings (SSSR count). The van der Waals surface area contributed by atoms with Crippen molar-refractivity contribution in [3.8, 4) is 17.2 Å². The monoisotopic (exact) mass is 440 g/mol. The van der Waals surface area contributed by atoms with Crippen LogP contribution in [0.3, 0.4) is 0 Å². The van der Waals surface area contributed by atoms with Crippen molar-refractivity contribution in [1.82, 2.24) is 4.90 Å². The number of piperidine rings is 1. The van der Waals surface area contributed by atoms with Crippen molar-refractivity contribution in [2.24, 2.45) is 16.6 Å². The molecule has 1 aliphatic rings. The second kappa shape index (κ2) is 11.6. The van der Waals surface area contributed by atoms with Crippen LogP contribution in [0.5, 0.6) is 17.2 Å². The largest absolute Gasteiger partial charge is 0.497 e. The number of hydrogen-bond acceptors (Lipinski definition) is 5. The van der Waals surface area contributed by atoms with Gasteiger partial charge in [0.05, 0.1) is 26.0 Å². The summed E-state index contributed by atoms with van der Waals surface area (Å²) < 4.78 is 16.7. The molecule has 0 aromatic heterocycles. The van der Waals surface area contributed by atoms with Gasteiger partial charge in [0.2, 0.25) is 0 Å². The maximum absolute atomic E-state index is 6.28. The highest BCUT2D eigenvalue weighted by Gasteiger charge is 2.30. The highest BCUT2D eigenvalue weighted by Crippen LogP contribution is 2.36. The summed E-state index contributed by atoms with van der Waals surface area (Å²) in [6, 6.07) is 14.3. The standard InChI is InChI=1S/C25H36N4O3/c1-5-31-21-13-14-23(32-6-2)22(16-21)28-25(26)27-17-19-8-7-15-29(3)24(19)18-9-11-20(30-4)12-10-18/h9-14,16,19,24H,5-8,15,17H2,1-4H3,(H3,26,27,28). The van der Waals surface area contributed by atoms with Crippen LogP contribution in [0.2, 0.25) is 0 Å². The Morgan fingerprint density at radius 2 is 1.81 bits per heavy atom. The number of aliphatic imine (C=N–C) groups is 1. The summed E-state index contributed by atoms with van der Waals surface area (Å²) >= 11 is 0. The molecule has 0 amide bonds. The van der Waals surface area contributed by atoms with E-state index in [-0.39, 0.29) is 0 Å². The first kappa shape index (κ1) is 23.7. The van der Waals surface area contributed by atoms with Crippen LogP contribution in [0.1, 0.15) is 38.3 Å². The first-order chi connectivity index (χ1) is 15.5. The first-order valence-electron chi connectivity index (χ1n) is 11.4. The fourth-order valence-electron chi connectivity index (χ4n) is 4.32. The fourth-order valence-corrected chi connectivity index (χ4v) is 4.32. The maximum atomic E-state index is 6.28. The number of likely N-dealkylation sites (tertiary alicyclic amines) is 1. The molecule has 0 radical (unpaired) electrons. The van der Waals surface area contributed by atoms with Crippen molar-refractivity contribution in [2.75, 3.05) is 45.8 Å². The van der Waals surface area contributed by atoms with Crippen LogP contribution in [0.4, 0.5) is 5.69 Å². The van der Waals surface area contributed by atoms with Crippen LogP contribution in [-0.2, 0) is 0 Å². The van der Waals surface area contributed by atoms with E-state index >= 15 is 0 Å². The molecule has 3 N–H and O–H groups in total. The minimum atomic E-state index is 0.298. The number of guanidine groups is 1. The third kappa shape index (κ3) is 6.07. The molecule has 1 fully saturated rings. The van der Waals surface area contributed by atoms with E-state index in [1.165, 1.54) is 5.56 Å². The molecule has 0 aliphatic carbocycles. The van der Waals surface area contributed by atoms with Crippen molar-refractivity contribution in [2.45, 2.75) is 32.7 Å². The van der Waals surface area contributed by atoms with E-state index in [4.69, 9.17) is 24.9 Å². The van der Waals surface area contributed by atoms with E-state index in [2.05, 4.69) is 29.4 Å². The number of anilines is 1. The molecule has 0 spiro atoms. The number of nitrogens with one attached hydrogen (secondary N) is 1. The highest BCUT2D eigenvalue weighted by atomic mass is 16.5. The molecule has 7 heteroatoms. The molecule has 7 nitrogen and oxygen atoms in total. The highest BCUT2D eigenvalue weighted by molar-refractivity contribution is 5.94. The lowest BCUT2D eigenvalue weighted by molar-refractivity contribution is 0.125. The molecule has 0 saturated carbocycles. The van der Waals surface area contributed by atoms with E-state index in [0.717, 1.165) is 42.3 Å². The Kier molecular flexibility index (Phi) is 8.62. The average molecular weight is 441 g/mol. The van der Waals surface area contributed by atoms with Crippen LogP contribution < -0.4 is 25.3 Å². The summed E-state index contributed by atoms with van der Waals surface area (Å²) in [4.78, 5) is 7.11. The zero-order chi connectivity index (χ0) is 22.9. The normalized spacial score (nSPS) is 19.4. The number of nitrogens with zero attached hydrogens (tertiary/aromatic N) is 2. The number of ether oxygens (including phenoxy) is 3. The quantitative estimate of drug-likeness (QED) is 0.447. The molecule has 2 atom stereocenters. The molecule has 174 valence electrons. The smallest absolute Gasteiger partial charge is 0.193 e. The van der Waals surface area contributed by atoms with Crippen molar-refractivity contribution in [3.63, 3.8) is 0 Å². The van der Waals surface area contributed by atoms with Crippen molar-refractivity contribution in [3.05, 3.63) is 48.0 Å². The molecule has 32 heavy (non-hydrogen) atoms. The molecular formula is C25H36N4O3. The second-order valence-electron chi connectivity index (χ2n) is 7.98. The van der Waals surface area contributed by atoms with Crippen LogP contribution >= 0.6 is 0 Å². The Morgan fingerprint density at radius 1 is 1.09 bits per heavy atom. The van der Waals surface area contributed by atoms with Crippen LogP contribution in [0.25, 0.3) is 0 Å². The van der Waals surface area contributed by atoms with E-state index < -0.39 is 0 Å². The zero-order valence-electron chi connectivity index (χ0n) is 19.6. The summed E-state index contributed by atoms with van der Waals surface area (Å²) in [6.07, 6.45) is 2.27. The molecule has 0 bridgehead atoms. The molecule has 2 unspecified atom stereocenters. The van der Waals surface area contributed by atoms with Crippen molar-refractivity contribution < 1.29 is 14.2 Å². The second-order valence-corrected chi connectivity index (χ2v) is 7.98. The van der Waals surface area contributed by atoms with Gasteiger partial charge in [-0.05, 0) is 76.0 Å². The predicted octanol–water partition coefficient (Wildman–Crippen LogP) is 4.30. The predicted molar refractivity (Wildman–Crippen MR) is 130 cm³/mol. The van der Waals surface area contributed by atoms with Gasteiger partial charge in [-0.3, -0.25) is 9.89 Å². The minimum absolute atomic E-state index is 0.298. The van der Waals surface area contributed by atoms with Crippen molar-refractivity contribution in [1.29, 1.82) is 0 Å². The summed E-state index contributed by atoms with van der Waals surface area (Å²) in [5.74, 6) is 3.11. The first-order valence-corrected chi connectivity index (χ1v) is 11.4. The lowest BCUT2D eigenvalue weighted by atomic mass is 9.85. The molecule has 1 saturated heterocycles. The van der Waals surface area contributed by atoms with Crippen LogP contribution in [0, 0.1) is 5.92 Å². The number of benzene rings is 2. The Morgan fingerprint density at radius 3 is 2.50 bits per heavy atom. The average Bonchev–Trinajstić information content (AvgIpc) is 2.80. The SMILES string of the molecule is CCOc1ccc(OCC)c(NC(N)=NCC2CCCN(C)C2c2ccc(OC)cc2)c1. The minimum Gasteiger partial charge on any atom is -0.497 e. The molecule has 2 aromatic rings. The number of nitrogens with two attached hydrogens (primary N) is 1. The molecular weight excluding hydrogens is 404 g/mol. The van der Waals surface area contributed by atoms with Gasteiger partial charge in [-0.15, -0.1) is 0 Å². The molecule has 1 aliphatic heterocycles. The third-order valence-corrected chi connectivity index (χ3v) is 5.79. The third-order valence-electron chi connectivity index (χ3n) is 5.79. The van der Waals surface area contributed by atoms with E-state index in [0.29, 0.717) is 37.7 Å². The Bertz CT molecular complexity index is 885. The number of methoxy groups -OCH3 is 1. The topological polar surface area (TPSA) is 81.3 Å². The Balaban J connectivity index is 1.74. The van der Waals surface area contributed by atoms with Gasteiger partial charge in [0, 0.05) is 18.7 Å². The Hall–Kier alpha value is -2.93. The summed E-state index contributed by atoms with van der Waals surface area (Å²) in [6.45, 7) is 6.80. The van der Waals surface area contributed by atoms with Gasteiger partial charge in [-0.25, -0.2) is 0 Å². The summed E-state index contributed by atoms with van der Waals surface area (Å²) in [5.41, 5.74) is 8.32. The summed E-state index contributed by atoms with van der Waals surface area (Å²) in [5, 5.41) is 3.21. The van der Waals surface area contributed by atoms with E-state index in [1.54, 1.807) is 7.11 Å². The van der Waals surface area contributed by atoms with Gasteiger partial charge in [0.15, 0.2) is 5.96 Å². The van der Waals surface area contributed by atoms with Gasteiger partial charge in [-0.2, -0.15) is 0 Å². The van der Waals surface area contributed by atoms with Crippen LogP contribution in [0.15, 0.2) is 47.5 Å². The van der Waals surface area contributed by atoms with Crippen molar-refractivity contribution >= 4 is 11.6 Å². The molecule has 1 heterocycles. The number of hydrogen-bond donors (Lipinski definition) is 2. The fraction of sp³-hybridized carbons (Fsp3) is 0.480. The zero-order valence-corrected chi connectivity index (χ0v) is 19.6. The maximum Gasteiger partial charge on any atom is 0.193 e.